The van der Waals surface area contributed by atoms with Gasteiger partial charge >= 0.3 is 0 Å². The Bertz CT molecular complexity index is 1100. The summed E-state index contributed by atoms with van der Waals surface area (Å²) in [6.07, 6.45) is 2.61. The quantitative estimate of drug-likeness (QED) is 0.499. The van der Waals surface area contributed by atoms with Gasteiger partial charge in [0.25, 0.3) is 5.91 Å². The van der Waals surface area contributed by atoms with Crippen LogP contribution in [0, 0.1) is 0 Å². The summed E-state index contributed by atoms with van der Waals surface area (Å²) in [6.45, 7) is 8.66. The fourth-order valence-electron chi connectivity index (χ4n) is 3.95. The minimum Gasteiger partial charge on any atom is -0.494 e. The highest BCUT2D eigenvalue weighted by Crippen LogP contribution is 2.32. The number of rotatable bonds is 6. The van der Waals surface area contributed by atoms with E-state index in [0.717, 1.165) is 25.3 Å². The second-order valence-corrected chi connectivity index (χ2v) is 8.41. The number of benzene rings is 2. The lowest BCUT2D eigenvalue weighted by Gasteiger charge is -2.27. The number of hydrogen-bond donors (Lipinski definition) is 0. The van der Waals surface area contributed by atoms with Crippen molar-refractivity contribution in [2.45, 2.75) is 26.8 Å². The Morgan fingerprint density at radius 3 is 2.51 bits per heavy atom. The first-order chi connectivity index (χ1) is 17.2. The van der Waals surface area contributed by atoms with Gasteiger partial charge in [0.05, 0.1) is 6.61 Å². The normalized spacial score (nSPS) is 14.9. The molecule has 0 aliphatic carbocycles. The van der Waals surface area contributed by atoms with Crippen LogP contribution in [0.2, 0.25) is 0 Å². The number of para-hydroxylation sites is 2. The molecule has 1 amide bonds. The molecule has 2 heterocycles. The molecule has 0 fully saturated rings. The molecule has 0 spiro atoms. The van der Waals surface area contributed by atoms with E-state index in [2.05, 4.69) is 28.9 Å². The van der Waals surface area contributed by atoms with Crippen molar-refractivity contribution in [3.05, 3.63) is 78.0 Å². The molecule has 0 radical (unpaired) electrons. The molecule has 1 aliphatic rings. The second-order valence-electron chi connectivity index (χ2n) is 8.41. The van der Waals surface area contributed by atoms with E-state index in [4.69, 9.17) is 14.2 Å². The van der Waals surface area contributed by atoms with Crippen molar-refractivity contribution in [3.63, 3.8) is 0 Å². The van der Waals surface area contributed by atoms with Gasteiger partial charge in [-0.2, -0.15) is 0 Å². The summed E-state index contributed by atoms with van der Waals surface area (Å²) >= 11 is 0. The fraction of sp³-hybridized carbons (Fsp3) is 0.357. The zero-order chi connectivity index (χ0) is 24.5. The first-order valence-corrected chi connectivity index (χ1v) is 12.3. The van der Waals surface area contributed by atoms with Crippen LogP contribution in [0.15, 0.2) is 66.9 Å². The van der Waals surface area contributed by atoms with Gasteiger partial charge in [-0.15, -0.1) is 0 Å². The molecule has 7 nitrogen and oxygen atoms in total. The smallest absolute Gasteiger partial charge is 0.259 e. The zero-order valence-corrected chi connectivity index (χ0v) is 20.5. The number of aromatic nitrogens is 1. The maximum atomic E-state index is 13.4. The molecule has 7 heteroatoms. The largest absolute Gasteiger partial charge is 0.494 e. The van der Waals surface area contributed by atoms with Gasteiger partial charge in [-0.1, -0.05) is 31.2 Å². The van der Waals surface area contributed by atoms with Crippen LogP contribution >= 0.6 is 0 Å². The lowest BCUT2D eigenvalue weighted by atomic mass is 10.2. The highest BCUT2D eigenvalue weighted by atomic mass is 16.5. The number of ether oxygens (including phenoxy) is 3. The van der Waals surface area contributed by atoms with Gasteiger partial charge in [0.2, 0.25) is 5.88 Å². The van der Waals surface area contributed by atoms with E-state index < -0.39 is 0 Å². The number of carbonyl (C=O) groups excluding carboxylic acids is 1. The van der Waals surface area contributed by atoms with Crippen molar-refractivity contribution in [3.8, 4) is 23.1 Å². The van der Waals surface area contributed by atoms with Crippen LogP contribution < -0.4 is 14.2 Å². The molecule has 2 aromatic carbocycles. The lowest BCUT2D eigenvalue weighted by molar-refractivity contribution is 0.0736. The van der Waals surface area contributed by atoms with Crippen molar-refractivity contribution in [2.24, 2.45) is 0 Å². The van der Waals surface area contributed by atoms with Crippen molar-refractivity contribution in [1.29, 1.82) is 0 Å². The first-order valence-electron chi connectivity index (χ1n) is 12.3. The summed E-state index contributed by atoms with van der Waals surface area (Å²) in [7, 11) is 0. The van der Waals surface area contributed by atoms with Crippen LogP contribution in [0.5, 0.6) is 23.1 Å². The Kier molecular flexibility index (Phi) is 8.57. The van der Waals surface area contributed by atoms with Crippen LogP contribution in [0.3, 0.4) is 0 Å². The number of pyridine rings is 1. The predicted molar refractivity (Wildman–Crippen MR) is 135 cm³/mol. The highest BCUT2D eigenvalue weighted by molar-refractivity contribution is 5.96. The van der Waals surface area contributed by atoms with Gasteiger partial charge in [0, 0.05) is 38.9 Å². The van der Waals surface area contributed by atoms with E-state index in [-0.39, 0.29) is 11.8 Å². The summed E-state index contributed by atoms with van der Waals surface area (Å²) in [6, 6.07) is 19.2. The summed E-state index contributed by atoms with van der Waals surface area (Å²) in [5.74, 6) is 2.24. The van der Waals surface area contributed by atoms with Gasteiger partial charge in [0.1, 0.15) is 17.9 Å². The molecule has 3 aromatic rings. The maximum absolute atomic E-state index is 13.4. The Hall–Kier alpha value is -3.58. The van der Waals surface area contributed by atoms with Crippen LogP contribution in [-0.4, -0.2) is 60.1 Å². The maximum Gasteiger partial charge on any atom is 0.259 e. The van der Waals surface area contributed by atoms with Crippen molar-refractivity contribution >= 4 is 5.91 Å². The van der Waals surface area contributed by atoms with E-state index >= 15 is 0 Å². The Labute approximate surface area is 207 Å². The van der Waals surface area contributed by atoms with Crippen molar-refractivity contribution in [2.75, 3.05) is 39.4 Å². The number of fused-ring (bicyclic) bond motifs is 2. The summed E-state index contributed by atoms with van der Waals surface area (Å²) in [5, 5.41) is 0. The molecule has 0 N–H and O–H groups in total. The molecule has 0 bridgehead atoms. The summed E-state index contributed by atoms with van der Waals surface area (Å²) in [5.41, 5.74) is 1.63. The standard InChI is InChI=1S/C28H33N3O4/c1-3-19-33-23-13-11-22(12-14-23)21-30-16-17-31(4-2)28(32)24-8-7-15-29-27(24)35-26-10-6-5-9-25(26)34-20-18-30/h5-15H,3-4,16-21H2,1-2H3. The predicted octanol–water partition coefficient (Wildman–Crippen LogP) is 5.02. The average Bonchev–Trinajstić information content (AvgIpc) is 2.90. The molecule has 0 saturated heterocycles. The summed E-state index contributed by atoms with van der Waals surface area (Å²) < 4.78 is 17.9. The van der Waals surface area contributed by atoms with E-state index in [1.54, 1.807) is 18.3 Å². The van der Waals surface area contributed by atoms with Crippen LogP contribution in [0.1, 0.15) is 36.2 Å². The van der Waals surface area contributed by atoms with Gasteiger partial charge in [-0.3, -0.25) is 9.69 Å². The minimum atomic E-state index is -0.0920. The molecule has 35 heavy (non-hydrogen) atoms. The zero-order valence-electron chi connectivity index (χ0n) is 20.5. The summed E-state index contributed by atoms with van der Waals surface area (Å²) in [4.78, 5) is 21.9. The number of nitrogens with zero attached hydrogens (tertiary/aromatic N) is 3. The molecule has 1 aliphatic heterocycles. The number of hydrogen-bond acceptors (Lipinski definition) is 6. The molecular weight excluding hydrogens is 442 g/mol. The Morgan fingerprint density at radius 2 is 1.74 bits per heavy atom. The topological polar surface area (TPSA) is 64.1 Å². The average molecular weight is 476 g/mol. The van der Waals surface area contributed by atoms with E-state index in [0.29, 0.717) is 49.9 Å². The number of carbonyl (C=O) groups is 1. The minimum absolute atomic E-state index is 0.0920. The van der Waals surface area contributed by atoms with Crippen LogP contribution in [-0.2, 0) is 6.54 Å². The van der Waals surface area contributed by atoms with Gasteiger partial charge in [-0.05, 0) is 55.3 Å². The van der Waals surface area contributed by atoms with Crippen LogP contribution in [0.4, 0.5) is 0 Å². The second kappa shape index (κ2) is 12.2. The first kappa shape index (κ1) is 24.5. The lowest BCUT2D eigenvalue weighted by Crippen LogP contribution is -2.39. The Morgan fingerprint density at radius 1 is 0.943 bits per heavy atom. The third kappa shape index (κ3) is 6.51. The van der Waals surface area contributed by atoms with E-state index in [9.17, 15) is 4.79 Å². The molecular formula is C28H33N3O4. The highest BCUT2D eigenvalue weighted by Gasteiger charge is 2.22. The third-order valence-electron chi connectivity index (χ3n) is 5.88. The molecule has 0 unspecified atom stereocenters. The number of amides is 1. The molecule has 1 aromatic heterocycles. The molecule has 0 atom stereocenters. The molecule has 4 rings (SSSR count). The third-order valence-corrected chi connectivity index (χ3v) is 5.88. The molecule has 184 valence electrons. The van der Waals surface area contributed by atoms with Crippen molar-refractivity contribution in [1.82, 2.24) is 14.8 Å². The van der Waals surface area contributed by atoms with Gasteiger partial charge in [0.15, 0.2) is 11.5 Å². The fourth-order valence-corrected chi connectivity index (χ4v) is 3.95. The SMILES string of the molecule is CCCOc1ccc(CN2CCOc3ccccc3Oc3ncccc3C(=O)N(CC)CC2)cc1. The monoisotopic (exact) mass is 475 g/mol. The Balaban J connectivity index is 1.56. The van der Waals surface area contributed by atoms with E-state index in [1.165, 1.54) is 5.56 Å². The number of likely N-dealkylation sites (N-methyl/N-ethyl adjacent to an activating group) is 1. The van der Waals surface area contributed by atoms with Crippen LogP contribution in [0.25, 0.3) is 0 Å². The molecule has 0 saturated carbocycles. The van der Waals surface area contributed by atoms with Gasteiger partial charge < -0.3 is 19.1 Å². The van der Waals surface area contributed by atoms with Gasteiger partial charge in [-0.25, -0.2) is 4.98 Å². The van der Waals surface area contributed by atoms with Crippen molar-refractivity contribution < 1.29 is 19.0 Å². The van der Waals surface area contributed by atoms with E-state index in [1.807, 2.05) is 48.2 Å².